The summed E-state index contributed by atoms with van der Waals surface area (Å²) in [7, 11) is 0. The summed E-state index contributed by atoms with van der Waals surface area (Å²) < 4.78 is 27.9. The van der Waals surface area contributed by atoms with E-state index in [2.05, 4.69) is 0 Å². The van der Waals surface area contributed by atoms with Crippen LogP contribution in [0, 0.1) is 5.92 Å². The minimum absolute atomic E-state index is 0.000710. The fourth-order valence-electron chi connectivity index (χ4n) is 4.99. The van der Waals surface area contributed by atoms with E-state index in [1.807, 2.05) is 0 Å². The predicted molar refractivity (Wildman–Crippen MR) is 155 cm³/mol. The number of esters is 2. The van der Waals surface area contributed by atoms with Crippen LogP contribution in [0.1, 0.15) is 24.5 Å². The number of phenolic OH excluding ortho intramolecular Hbond substituents is 2. The van der Waals surface area contributed by atoms with Crippen LogP contribution in [0.25, 0.3) is 0 Å². The molecule has 2 heterocycles. The van der Waals surface area contributed by atoms with Gasteiger partial charge in [0.05, 0.1) is 38.1 Å². The number of ether oxygens (including phenoxy) is 5. The first-order chi connectivity index (χ1) is 21.6. The summed E-state index contributed by atoms with van der Waals surface area (Å²) in [5, 5.41) is 59.2. The molecule has 13 nitrogen and oxygen atoms in total. The van der Waals surface area contributed by atoms with Gasteiger partial charge in [-0.05, 0) is 42.3 Å². The molecular weight excluding hydrogens is 592 g/mol. The lowest BCUT2D eigenvalue weighted by Gasteiger charge is -2.42. The number of aliphatic hydroxyl groups is 4. The molecule has 1 fully saturated rings. The Morgan fingerprint density at radius 2 is 1.42 bits per heavy atom. The van der Waals surface area contributed by atoms with Crippen LogP contribution >= 0.6 is 0 Å². The van der Waals surface area contributed by atoms with Gasteiger partial charge in [0.15, 0.2) is 6.29 Å². The van der Waals surface area contributed by atoms with Crippen molar-refractivity contribution in [3.05, 3.63) is 83.1 Å². The van der Waals surface area contributed by atoms with Gasteiger partial charge in [-0.1, -0.05) is 30.3 Å². The third-order valence-corrected chi connectivity index (χ3v) is 7.56. The van der Waals surface area contributed by atoms with Crippen LogP contribution in [0.3, 0.4) is 0 Å². The van der Waals surface area contributed by atoms with Gasteiger partial charge < -0.3 is 54.3 Å². The second kappa shape index (κ2) is 15.8. The van der Waals surface area contributed by atoms with Crippen LogP contribution in [0.15, 0.2) is 72.0 Å². The number of carbonyl (C=O) groups is 2. The fraction of sp³-hybridized carbons (Fsp3) is 0.438. The van der Waals surface area contributed by atoms with Gasteiger partial charge >= 0.3 is 11.9 Å². The van der Waals surface area contributed by atoms with E-state index >= 15 is 0 Å². The average Bonchev–Trinajstić information content (AvgIpc) is 3.03. The zero-order valence-corrected chi connectivity index (χ0v) is 24.6. The smallest absolute Gasteiger partial charge is 0.337 e. The lowest BCUT2D eigenvalue weighted by atomic mass is 9.86. The third-order valence-electron chi connectivity index (χ3n) is 7.56. The van der Waals surface area contributed by atoms with Crippen molar-refractivity contribution in [1.29, 1.82) is 0 Å². The summed E-state index contributed by atoms with van der Waals surface area (Å²) in [6, 6.07) is 12.9. The summed E-state index contributed by atoms with van der Waals surface area (Å²) in [5.41, 5.74) is 1.98. The van der Waals surface area contributed by atoms with E-state index in [4.69, 9.17) is 23.7 Å². The number of carbonyl (C=O) groups excluding carboxylic acids is 2. The first kappa shape index (κ1) is 33.9. The highest BCUT2D eigenvalue weighted by Gasteiger charge is 2.47. The summed E-state index contributed by atoms with van der Waals surface area (Å²) in [5.74, 6) is -2.09. The van der Waals surface area contributed by atoms with Crippen LogP contribution in [-0.2, 0) is 46.1 Å². The molecule has 0 aromatic heterocycles. The van der Waals surface area contributed by atoms with Gasteiger partial charge in [-0.3, -0.25) is 4.79 Å². The number of rotatable bonds is 12. The molecule has 0 aliphatic carbocycles. The summed E-state index contributed by atoms with van der Waals surface area (Å²) in [4.78, 5) is 26.2. The summed E-state index contributed by atoms with van der Waals surface area (Å²) in [6.45, 7) is 1.01. The number of allylic oxidation sites excluding steroid dienone is 1. The molecule has 0 spiro atoms. The standard InChI is InChI=1S/C32H38O13/c1-2-22-23(15-26(36)41-13-11-18-3-7-20(34)8-4-18)24(30(40)42-14-12-19-5-9-21(35)10-6-19)17-43-31(22)45-32-29(39)28(38)27(37)25(16-33)44-32/h2-10,17,23,25,27-29,31-35,37-39H,11-16H2,1H3/b22-2-. The number of hydrogen-bond acceptors (Lipinski definition) is 13. The summed E-state index contributed by atoms with van der Waals surface area (Å²) >= 11 is 0. The molecule has 0 amide bonds. The molecule has 2 aliphatic heterocycles. The van der Waals surface area contributed by atoms with E-state index in [0.717, 1.165) is 17.4 Å². The van der Waals surface area contributed by atoms with Crippen molar-refractivity contribution in [3.8, 4) is 11.5 Å². The lowest BCUT2D eigenvalue weighted by molar-refractivity contribution is -0.327. The van der Waals surface area contributed by atoms with Crippen molar-refractivity contribution < 1.29 is 63.9 Å². The molecule has 2 aromatic carbocycles. The highest BCUT2D eigenvalue weighted by molar-refractivity contribution is 5.91. The highest BCUT2D eigenvalue weighted by Crippen LogP contribution is 2.36. The molecule has 45 heavy (non-hydrogen) atoms. The van der Waals surface area contributed by atoms with Crippen molar-refractivity contribution in [2.24, 2.45) is 5.92 Å². The Hall–Kier alpha value is -3.98. The van der Waals surface area contributed by atoms with Crippen molar-refractivity contribution in [2.45, 2.75) is 63.2 Å². The Morgan fingerprint density at radius 1 is 0.844 bits per heavy atom. The van der Waals surface area contributed by atoms with Crippen molar-refractivity contribution in [3.63, 3.8) is 0 Å². The second-order valence-corrected chi connectivity index (χ2v) is 10.6. The molecule has 0 radical (unpaired) electrons. The molecule has 4 rings (SSSR count). The van der Waals surface area contributed by atoms with E-state index < -0.39 is 61.5 Å². The zero-order chi connectivity index (χ0) is 32.5. The molecule has 244 valence electrons. The van der Waals surface area contributed by atoms with Gasteiger partial charge in [0.1, 0.15) is 35.9 Å². The molecule has 2 aromatic rings. The van der Waals surface area contributed by atoms with Crippen molar-refractivity contribution >= 4 is 11.9 Å². The Bertz CT molecular complexity index is 1340. The van der Waals surface area contributed by atoms with Crippen LogP contribution in [0.2, 0.25) is 0 Å². The van der Waals surface area contributed by atoms with E-state index in [1.165, 1.54) is 24.3 Å². The van der Waals surface area contributed by atoms with Gasteiger partial charge in [0.25, 0.3) is 0 Å². The minimum Gasteiger partial charge on any atom is -0.508 e. The quantitative estimate of drug-likeness (QED) is 0.143. The van der Waals surface area contributed by atoms with Crippen LogP contribution in [0.5, 0.6) is 11.5 Å². The van der Waals surface area contributed by atoms with E-state index in [-0.39, 0.29) is 36.7 Å². The number of aliphatic hydroxyl groups excluding tert-OH is 4. The molecular formula is C32H38O13. The number of benzene rings is 2. The highest BCUT2D eigenvalue weighted by atomic mass is 16.8. The maximum Gasteiger partial charge on any atom is 0.337 e. The lowest BCUT2D eigenvalue weighted by Crippen LogP contribution is -2.60. The largest absolute Gasteiger partial charge is 0.508 e. The van der Waals surface area contributed by atoms with Gasteiger partial charge in [-0.2, -0.15) is 0 Å². The fourth-order valence-corrected chi connectivity index (χ4v) is 4.99. The Morgan fingerprint density at radius 3 is 1.98 bits per heavy atom. The van der Waals surface area contributed by atoms with Crippen molar-refractivity contribution in [1.82, 2.24) is 0 Å². The summed E-state index contributed by atoms with van der Waals surface area (Å²) in [6.07, 6.45) is -5.92. The maximum absolute atomic E-state index is 13.2. The molecule has 2 aliphatic rings. The first-order valence-electron chi connectivity index (χ1n) is 14.5. The SMILES string of the molecule is C/C=C1\C(OC2OC(CO)C(O)C(O)C2O)OC=C(C(=O)OCCc2ccc(O)cc2)C1CC(=O)OCCc1ccc(O)cc1. The van der Waals surface area contributed by atoms with Gasteiger partial charge in [-0.15, -0.1) is 0 Å². The Balaban J connectivity index is 1.47. The van der Waals surface area contributed by atoms with E-state index in [0.29, 0.717) is 18.4 Å². The average molecular weight is 631 g/mol. The predicted octanol–water partition coefficient (Wildman–Crippen LogP) is 0.979. The molecule has 7 unspecified atom stereocenters. The van der Waals surface area contributed by atoms with Crippen LogP contribution in [0.4, 0.5) is 0 Å². The normalized spacial score (nSPS) is 27.4. The van der Waals surface area contributed by atoms with Gasteiger partial charge in [0, 0.05) is 24.3 Å². The monoisotopic (exact) mass is 630 g/mol. The zero-order valence-electron chi connectivity index (χ0n) is 24.6. The van der Waals surface area contributed by atoms with E-state index in [9.17, 15) is 40.2 Å². The van der Waals surface area contributed by atoms with E-state index in [1.54, 1.807) is 37.3 Å². The Kier molecular flexibility index (Phi) is 11.9. The molecule has 0 bridgehead atoms. The molecule has 1 saturated heterocycles. The van der Waals surface area contributed by atoms with Crippen LogP contribution < -0.4 is 0 Å². The third kappa shape index (κ3) is 8.81. The molecule has 7 atom stereocenters. The Labute approximate surface area is 259 Å². The topological polar surface area (TPSA) is 202 Å². The van der Waals surface area contributed by atoms with Crippen LogP contribution in [-0.4, -0.2) is 99.4 Å². The molecule has 13 heteroatoms. The number of aromatic hydroxyl groups is 2. The van der Waals surface area contributed by atoms with Crippen molar-refractivity contribution in [2.75, 3.05) is 19.8 Å². The first-order valence-corrected chi connectivity index (χ1v) is 14.5. The molecule has 6 N–H and O–H groups in total. The minimum atomic E-state index is -1.71. The number of hydrogen-bond donors (Lipinski definition) is 6. The second-order valence-electron chi connectivity index (χ2n) is 10.6. The van der Waals surface area contributed by atoms with Gasteiger partial charge in [0.2, 0.25) is 6.29 Å². The number of phenols is 2. The molecule has 0 saturated carbocycles. The van der Waals surface area contributed by atoms with Gasteiger partial charge in [-0.25, -0.2) is 4.79 Å². The maximum atomic E-state index is 13.2.